The standard InChI is InChI=1S/C9H7Cl4NO2/c10-6-4-2-1-3-5(6)7(15)14-8(16)9(11,12)13/h1-4,8,16H,(H,14,15)/t8-/m1/s1. The monoisotopic (exact) mass is 301 g/mol. The average Bonchev–Trinajstić information content (AvgIpc) is 2.16. The zero-order chi connectivity index (χ0) is 12.3. The van der Waals surface area contributed by atoms with Crippen molar-refractivity contribution in [1.29, 1.82) is 0 Å². The van der Waals surface area contributed by atoms with E-state index in [1.54, 1.807) is 12.1 Å². The van der Waals surface area contributed by atoms with Crippen molar-refractivity contribution in [1.82, 2.24) is 5.32 Å². The lowest BCUT2D eigenvalue weighted by molar-refractivity contribution is 0.0792. The number of halogens is 4. The maximum absolute atomic E-state index is 11.6. The van der Waals surface area contributed by atoms with E-state index in [4.69, 9.17) is 46.4 Å². The second-order valence-electron chi connectivity index (χ2n) is 2.90. The Kier molecular flexibility index (Phi) is 4.71. The minimum absolute atomic E-state index is 0.192. The Morgan fingerprint density at radius 2 is 1.88 bits per heavy atom. The third-order valence-corrected chi connectivity index (χ3v) is 2.65. The molecule has 1 aromatic rings. The van der Waals surface area contributed by atoms with Gasteiger partial charge in [0.15, 0.2) is 6.23 Å². The van der Waals surface area contributed by atoms with Gasteiger partial charge in [0.05, 0.1) is 10.6 Å². The third kappa shape index (κ3) is 3.68. The lowest BCUT2D eigenvalue weighted by atomic mass is 10.2. The van der Waals surface area contributed by atoms with Crippen molar-refractivity contribution in [2.24, 2.45) is 0 Å². The molecule has 1 aromatic carbocycles. The summed E-state index contributed by atoms with van der Waals surface area (Å²) in [6, 6.07) is 6.33. The molecule has 3 nitrogen and oxygen atoms in total. The normalized spacial score (nSPS) is 13.3. The highest BCUT2D eigenvalue weighted by Gasteiger charge is 2.32. The van der Waals surface area contributed by atoms with Crippen LogP contribution in [0.2, 0.25) is 5.02 Å². The van der Waals surface area contributed by atoms with Crippen molar-refractivity contribution in [3.8, 4) is 0 Å². The van der Waals surface area contributed by atoms with Gasteiger partial charge in [0, 0.05) is 0 Å². The number of amides is 1. The van der Waals surface area contributed by atoms with Crippen LogP contribution in [0.1, 0.15) is 10.4 Å². The first-order valence-corrected chi connectivity index (χ1v) is 5.63. The van der Waals surface area contributed by atoms with Gasteiger partial charge in [-0.15, -0.1) is 0 Å². The Bertz CT molecular complexity index is 391. The maximum Gasteiger partial charge on any atom is 0.254 e. The van der Waals surface area contributed by atoms with Gasteiger partial charge in [0.25, 0.3) is 5.91 Å². The van der Waals surface area contributed by atoms with Crippen molar-refractivity contribution in [3.05, 3.63) is 34.9 Å². The number of nitrogens with one attached hydrogen (secondary N) is 1. The second-order valence-corrected chi connectivity index (χ2v) is 5.67. The van der Waals surface area contributed by atoms with Gasteiger partial charge in [-0.2, -0.15) is 0 Å². The molecular weight excluding hydrogens is 296 g/mol. The van der Waals surface area contributed by atoms with Gasteiger partial charge in [-0.05, 0) is 12.1 Å². The van der Waals surface area contributed by atoms with Crippen molar-refractivity contribution >= 4 is 52.3 Å². The summed E-state index contributed by atoms with van der Waals surface area (Å²) in [6.07, 6.45) is -1.61. The number of carbonyl (C=O) groups is 1. The molecule has 0 aliphatic heterocycles. The molecule has 2 N–H and O–H groups in total. The molecule has 0 saturated heterocycles. The maximum atomic E-state index is 11.6. The van der Waals surface area contributed by atoms with E-state index in [1.807, 2.05) is 0 Å². The summed E-state index contributed by atoms with van der Waals surface area (Å²) in [6.45, 7) is 0. The third-order valence-electron chi connectivity index (χ3n) is 1.70. The number of hydrogen-bond donors (Lipinski definition) is 2. The first-order chi connectivity index (χ1) is 7.32. The fraction of sp³-hybridized carbons (Fsp3) is 0.222. The van der Waals surface area contributed by atoms with E-state index in [9.17, 15) is 9.90 Å². The Labute approximate surface area is 112 Å². The van der Waals surface area contributed by atoms with Crippen molar-refractivity contribution in [2.75, 3.05) is 0 Å². The van der Waals surface area contributed by atoms with Crippen molar-refractivity contribution in [3.63, 3.8) is 0 Å². The van der Waals surface area contributed by atoms with Gasteiger partial charge in [-0.1, -0.05) is 58.5 Å². The van der Waals surface area contributed by atoms with Gasteiger partial charge in [0.2, 0.25) is 3.79 Å². The SMILES string of the molecule is O=C(N[C@H](O)C(Cl)(Cl)Cl)c1ccccc1Cl. The predicted octanol–water partition coefficient (Wildman–Crippen LogP) is 2.76. The molecule has 0 aliphatic carbocycles. The first kappa shape index (κ1) is 13.9. The Morgan fingerprint density at radius 1 is 1.31 bits per heavy atom. The van der Waals surface area contributed by atoms with E-state index in [2.05, 4.69) is 5.32 Å². The minimum atomic E-state index is -1.99. The van der Waals surface area contributed by atoms with Crippen LogP contribution in [0.4, 0.5) is 0 Å². The highest BCUT2D eigenvalue weighted by Crippen LogP contribution is 2.29. The lowest BCUT2D eigenvalue weighted by Crippen LogP contribution is -2.43. The number of carbonyl (C=O) groups excluding carboxylic acids is 1. The Hall–Kier alpha value is -0.190. The van der Waals surface area contributed by atoms with Gasteiger partial charge in [0.1, 0.15) is 0 Å². The molecule has 0 bridgehead atoms. The summed E-state index contributed by atoms with van der Waals surface area (Å²) in [5, 5.41) is 11.7. The van der Waals surface area contributed by atoms with Crippen LogP contribution in [-0.2, 0) is 0 Å². The van der Waals surface area contributed by atoms with Crippen LogP contribution in [0.5, 0.6) is 0 Å². The molecule has 0 aliphatic rings. The highest BCUT2D eigenvalue weighted by atomic mass is 35.6. The molecule has 1 atom stereocenters. The van der Waals surface area contributed by atoms with E-state index in [1.165, 1.54) is 12.1 Å². The number of hydrogen-bond acceptors (Lipinski definition) is 2. The molecule has 0 heterocycles. The summed E-state index contributed by atoms with van der Waals surface area (Å²) >= 11 is 21.9. The summed E-state index contributed by atoms with van der Waals surface area (Å²) < 4.78 is -1.99. The molecule has 0 radical (unpaired) electrons. The molecule has 0 aromatic heterocycles. The quantitative estimate of drug-likeness (QED) is 0.652. The zero-order valence-electron chi connectivity index (χ0n) is 7.75. The van der Waals surface area contributed by atoms with Crippen LogP contribution < -0.4 is 5.32 Å². The lowest BCUT2D eigenvalue weighted by Gasteiger charge is -2.20. The van der Waals surface area contributed by atoms with Gasteiger partial charge < -0.3 is 10.4 Å². The molecular formula is C9H7Cl4NO2. The second kappa shape index (κ2) is 5.43. The van der Waals surface area contributed by atoms with E-state index < -0.39 is 15.9 Å². The van der Waals surface area contributed by atoms with E-state index in [0.29, 0.717) is 0 Å². The van der Waals surface area contributed by atoms with E-state index in [-0.39, 0.29) is 10.6 Å². The number of alkyl halides is 3. The molecule has 16 heavy (non-hydrogen) atoms. The summed E-state index contributed by atoms with van der Waals surface area (Å²) in [4.78, 5) is 11.6. The molecule has 1 amide bonds. The molecule has 7 heteroatoms. The highest BCUT2D eigenvalue weighted by molar-refractivity contribution is 6.68. The summed E-state index contributed by atoms with van der Waals surface area (Å²) in [5.74, 6) is -0.621. The van der Waals surface area contributed by atoms with Crippen LogP contribution in [0.25, 0.3) is 0 Å². The molecule has 88 valence electrons. The van der Waals surface area contributed by atoms with Gasteiger partial charge >= 0.3 is 0 Å². The van der Waals surface area contributed by atoms with E-state index in [0.717, 1.165) is 0 Å². The molecule has 0 spiro atoms. The van der Waals surface area contributed by atoms with Crippen LogP contribution >= 0.6 is 46.4 Å². The minimum Gasteiger partial charge on any atom is -0.369 e. The topological polar surface area (TPSA) is 49.3 Å². The Balaban J connectivity index is 2.78. The molecule has 0 fully saturated rings. The van der Waals surface area contributed by atoms with Crippen LogP contribution in [-0.4, -0.2) is 21.0 Å². The Morgan fingerprint density at radius 3 is 2.38 bits per heavy atom. The predicted molar refractivity (Wildman–Crippen MR) is 65.2 cm³/mol. The van der Waals surface area contributed by atoms with Crippen molar-refractivity contribution in [2.45, 2.75) is 10.0 Å². The van der Waals surface area contributed by atoms with Crippen LogP contribution in [0.15, 0.2) is 24.3 Å². The largest absolute Gasteiger partial charge is 0.369 e. The zero-order valence-corrected chi connectivity index (χ0v) is 10.8. The fourth-order valence-corrected chi connectivity index (χ4v) is 1.31. The van der Waals surface area contributed by atoms with Crippen molar-refractivity contribution < 1.29 is 9.90 Å². The van der Waals surface area contributed by atoms with Crippen LogP contribution in [0.3, 0.4) is 0 Å². The van der Waals surface area contributed by atoms with Gasteiger partial charge in [-0.3, -0.25) is 4.79 Å². The number of aliphatic hydroxyl groups excluding tert-OH is 1. The summed E-state index contributed by atoms with van der Waals surface area (Å²) in [7, 11) is 0. The molecule has 0 saturated carbocycles. The average molecular weight is 303 g/mol. The summed E-state index contributed by atoms with van der Waals surface area (Å²) in [5.41, 5.74) is 0.192. The smallest absolute Gasteiger partial charge is 0.254 e. The molecule has 0 unspecified atom stereocenters. The fourth-order valence-electron chi connectivity index (χ4n) is 0.929. The number of aliphatic hydroxyl groups is 1. The first-order valence-electron chi connectivity index (χ1n) is 4.12. The van der Waals surface area contributed by atoms with Crippen LogP contribution in [0, 0.1) is 0 Å². The van der Waals surface area contributed by atoms with Gasteiger partial charge in [-0.25, -0.2) is 0 Å². The number of rotatable bonds is 2. The number of benzene rings is 1. The molecule has 1 rings (SSSR count). The van der Waals surface area contributed by atoms with E-state index >= 15 is 0 Å².